The van der Waals surface area contributed by atoms with Crippen LogP contribution >= 0.6 is 0 Å². The number of fused-ring (bicyclic) bond motifs is 1. The number of nitrogens with one attached hydrogen (secondary N) is 1. The molecule has 1 N–H and O–H groups in total. The van der Waals surface area contributed by atoms with Crippen molar-refractivity contribution in [1.29, 1.82) is 0 Å². The minimum absolute atomic E-state index is 0.0724. The van der Waals surface area contributed by atoms with E-state index in [0.717, 1.165) is 23.9 Å². The maximum Gasteiger partial charge on any atom is 0.410 e. The van der Waals surface area contributed by atoms with E-state index >= 15 is 0 Å². The number of H-pyrrole nitrogens is 1. The second-order valence-corrected chi connectivity index (χ2v) is 6.87. The van der Waals surface area contributed by atoms with Gasteiger partial charge in [0.1, 0.15) is 11.7 Å². The van der Waals surface area contributed by atoms with Crippen molar-refractivity contribution in [3.05, 3.63) is 24.3 Å². The third kappa shape index (κ3) is 3.94. The van der Waals surface area contributed by atoms with Gasteiger partial charge in [0.2, 0.25) is 0 Å². The third-order valence-electron chi connectivity index (χ3n) is 3.68. The van der Waals surface area contributed by atoms with Crippen LogP contribution in [0.15, 0.2) is 24.3 Å². The average Bonchev–Trinajstić information content (AvgIpc) is 2.88. The van der Waals surface area contributed by atoms with E-state index in [1.165, 1.54) is 0 Å². The number of imidazole rings is 1. The largest absolute Gasteiger partial charge is 0.460 e. The number of benzene rings is 1. The number of carbonyl (C=O) groups is 1. The van der Waals surface area contributed by atoms with Crippen LogP contribution in [0.25, 0.3) is 11.0 Å². The normalized spacial score (nSPS) is 18.9. The fourth-order valence-corrected chi connectivity index (χ4v) is 2.67. The van der Waals surface area contributed by atoms with Gasteiger partial charge in [-0.2, -0.15) is 4.98 Å². The molecule has 1 saturated heterocycles. The molecular formula is C17H23N3O3. The molecule has 1 aliphatic rings. The molecule has 1 amide bonds. The zero-order chi connectivity index (χ0) is 16.4. The Morgan fingerprint density at radius 2 is 2.13 bits per heavy atom. The molecule has 1 fully saturated rings. The lowest BCUT2D eigenvalue weighted by Gasteiger charge is -2.33. The Balaban J connectivity index is 1.63. The number of para-hydroxylation sites is 2. The minimum atomic E-state index is -0.483. The summed E-state index contributed by atoms with van der Waals surface area (Å²) >= 11 is 0. The first-order chi connectivity index (χ1) is 10.9. The molecule has 23 heavy (non-hydrogen) atoms. The van der Waals surface area contributed by atoms with Crippen LogP contribution in [0, 0.1) is 0 Å². The van der Waals surface area contributed by atoms with Crippen molar-refractivity contribution >= 4 is 17.1 Å². The zero-order valence-corrected chi connectivity index (χ0v) is 13.8. The summed E-state index contributed by atoms with van der Waals surface area (Å²) < 4.78 is 11.4. The van der Waals surface area contributed by atoms with Crippen molar-refractivity contribution in [3.8, 4) is 6.01 Å². The van der Waals surface area contributed by atoms with Crippen LogP contribution < -0.4 is 4.74 Å². The summed E-state index contributed by atoms with van der Waals surface area (Å²) in [6.07, 6.45) is 1.44. The van der Waals surface area contributed by atoms with Gasteiger partial charge < -0.3 is 19.4 Å². The average molecular weight is 317 g/mol. The number of piperidine rings is 1. The number of rotatable bonds is 2. The second kappa shape index (κ2) is 6.10. The molecule has 1 aromatic carbocycles. The Kier molecular flexibility index (Phi) is 4.15. The highest BCUT2D eigenvalue weighted by Crippen LogP contribution is 2.21. The lowest BCUT2D eigenvalue weighted by Crippen LogP contribution is -2.46. The number of ether oxygens (including phenoxy) is 2. The Labute approximate surface area is 135 Å². The number of carbonyl (C=O) groups excluding carboxylic acids is 1. The van der Waals surface area contributed by atoms with E-state index in [-0.39, 0.29) is 12.2 Å². The minimum Gasteiger partial charge on any atom is -0.460 e. The predicted octanol–water partition coefficient (Wildman–Crippen LogP) is 3.34. The number of hydrogen-bond acceptors (Lipinski definition) is 4. The Morgan fingerprint density at radius 1 is 1.35 bits per heavy atom. The molecule has 0 saturated carbocycles. The summed E-state index contributed by atoms with van der Waals surface area (Å²) in [6, 6.07) is 8.30. The highest BCUT2D eigenvalue weighted by molar-refractivity contribution is 5.75. The van der Waals surface area contributed by atoms with E-state index in [1.54, 1.807) is 4.90 Å². The monoisotopic (exact) mass is 317 g/mol. The molecular weight excluding hydrogens is 294 g/mol. The SMILES string of the molecule is CC(C)(C)OC(=O)N1CCCC(Oc2nc3ccccc3[nH]2)C1. The molecule has 1 unspecified atom stereocenters. The summed E-state index contributed by atoms with van der Waals surface area (Å²) in [5.74, 6) is 0. The van der Waals surface area contributed by atoms with Crippen LogP contribution in [0.2, 0.25) is 0 Å². The predicted molar refractivity (Wildman–Crippen MR) is 87.6 cm³/mol. The smallest absolute Gasteiger partial charge is 0.410 e. The molecule has 1 aromatic heterocycles. The lowest BCUT2D eigenvalue weighted by atomic mass is 10.1. The van der Waals surface area contributed by atoms with Gasteiger partial charge in [0.05, 0.1) is 17.6 Å². The summed E-state index contributed by atoms with van der Waals surface area (Å²) in [6.45, 7) is 6.84. The molecule has 0 spiro atoms. The Bertz CT molecular complexity index is 657. The fraction of sp³-hybridized carbons (Fsp3) is 0.529. The first-order valence-electron chi connectivity index (χ1n) is 8.00. The fourth-order valence-electron chi connectivity index (χ4n) is 2.67. The van der Waals surface area contributed by atoms with Crippen molar-refractivity contribution in [1.82, 2.24) is 14.9 Å². The van der Waals surface area contributed by atoms with E-state index in [2.05, 4.69) is 9.97 Å². The second-order valence-electron chi connectivity index (χ2n) is 6.87. The highest BCUT2D eigenvalue weighted by Gasteiger charge is 2.29. The van der Waals surface area contributed by atoms with Crippen LogP contribution in [0.4, 0.5) is 4.79 Å². The van der Waals surface area contributed by atoms with Crippen LogP contribution in [-0.4, -0.2) is 45.8 Å². The standard InChI is InChI=1S/C17H23N3O3/c1-17(2,3)23-16(21)20-10-6-7-12(11-20)22-15-18-13-8-4-5-9-14(13)19-15/h4-5,8-9,12H,6-7,10-11H2,1-3H3,(H,18,19). The Hall–Kier alpha value is -2.24. The number of nitrogens with zero attached hydrogens (tertiary/aromatic N) is 2. The number of hydrogen-bond donors (Lipinski definition) is 1. The molecule has 1 atom stereocenters. The van der Waals surface area contributed by atoms with Gasteiger partial charge in [0, 0.05) is 6.54 Å². The van der Waals surface area contributed by atoms with Crippen molar-refractivity contribution in [2.45, 2.75) is 45.3 Å². The molecule has 2 heterocycles. The van der Waals surface area contributed by atoms with Crippen molar-refractivity contribution in [3.63, 3.8) is 0 Å². The summed E-state index contributed by atoms with van der Waals surface area (Å²) in [5, 5.41) is 0. The summed E-state index contributed by atoms with van der Waals surface area (Å²) in [5.41, 5.74) is 1.34. The number of aromatic nitrogens is 2. The topological polar surface area (TPSA) is 67.4 Å². The van der Waals surface area contributed by atoms with Crippen molar-refractivity contribution in [2.24, 2.45) is 0 Å². The molecule has 3 rings (SSSR count). The van der Waals surface area contributed by atoms with Gasteiger partial charge in [-0.25, -0.2) is 4.79 Å². The quantitative estimate of drug-likeness (QED) is 0.922. The van der Waals surface area contributed by atoms with E-state index < -0.39 is 5.60 Å². The first-order valence-corrected chi connectivity index (χ1v) is 8.00. The van der Waals surface area contributed by atoms with Gasteiger partial charge >= 0.3 is 6.09 Å². The van der Waals surface area contributed by atoms with E-state index in [0.29, 0.717) is 19.1 Å². The van der Waals surface area contributed by atoms with Crippen LogP contribution in [-0.2, 0) is 4.74 Å². The van der Waals surface area contributed by atoms with Crippen LogP contribution in [0.1, 0.15) is 33.6 Å². The number of aromatic amines is 1. The summed E-state index contributed by atoms with van der Waals surface area (Å²) in [7, 11) is 0. The first kappa shape index (κ1) is 15.6. The molecule has 6 heteroatoms. The lowest BCUT2D eigenvalue weighted by molar-refractivity contribution is 0.00675. The van der Waals surface area contributed by atoms with E-state index in [1.807, 2.05) is 45.0 Å². The van der Waals surface area contributed by atoms with Gasteiger partial charge in [0.25, 0.3) is 6.01 Å². The Morgan fingerprint density at radius 3 is 2.87 bits per heavy atom. The molecule has 124 valence electrons. The van der Waals surface area contributed by atoms with E-state index in [9.17, 15) is 4.79 Å². The molecule has 0 aliphatic carbocycles. The third-order valence-corrected chi connectivity index (χ3v) is 3.68. The van der Waals surface area contributed by atoms with Gasteiger partial charge in [-0.1, -0.05) is 12.1 Å². The number of likely N-dealkylation sites (tertiary alicyclic amines) is 1. The zero-order valence-electron chi connectivity index (χ0n) is 13.8. The molecule has 1 aliphatic heterocycles. The van der Waals surface area contributed by atoms with Crippen LogP contribution in [0.5, 0.6) is 6.01 Å². The highest BCUT2D eigenvalue weighted by atomic mass is 16.6. The molecule has 0 bridgehead atoms. The number of amides is 1. The maximum absolute atomic E-state index is 12.2. The molecule has 6 nitrogen and oxygen atoms in total. The summed E-state index contributed by atoms with van der Waals surface area (Å²) in [4.78, 5) is 21.5. The van der Waals surface area contributed by atoms with Gasteiger partial charge in [-0.15, -0.1) is 0 Å². The van der Waals surface area contributed by atoms with Gasteiger partial charge in [-0.05, 0) is 45.7 Å². The maximum atomic E-state index is 12.2. The van der Waals surface area contributed by atoms with Crippen molar-refractivity contribution < 1.29 is 14.3 Å². The molecule has 2 aromatic rings. The molecule has 0 radical (unpaired) electrons. The van der Waals surface area contributed by atoms with E-state index in [4.69, 9.17) is 9.47 Å². The van der Waals surface area contributed by atoms with Crippen molar-refractivity contribution in [2.75, 3.05) is 13.1 Å². The van der Waals surface area contributed by atoms with Gasteiger partial charge in [0.15, 0.2) is 0 Å². The van der Waals surface area contributed by atoms with Gasteiger partial charge in [-0.3, -0.25) is 0 Å². The van der Waals surface area contributed by atoms with Crippen LogP contribution in [0.3, 0.4) is 0 Å².